The lowest BCUT2D eigenvalue weighted by Gasteiger charge is -2.03. The van der Waals surface area contributed by atoms with E-state index in [1.807, 2.05) is 18.2 Å². The second kappa shape index (κ2) is 3.84. The van der Waals surface area contributed by atoms with Crippen molar-refractivity contribution in [2.24, 2.45) is 5.73 Å². The Morgan fingerprint density at radius 1 is 1.38 bits per heavy atom. The smallest absolute Gasteiger partial charge is 0.101 e. The van der Waals surface area contributed by atoms with Crippen LogP contribution in [0.5, 0.6) is 0 Å². The Morgan fingerprint density at radius 3 is 3.00 bits per heavy atom. The lowest BCUT2D eigenvalue weighted by atomic mass is 10.1. The molecule has 2 unspecified atom stereocenters. The minimum Gasteiger partial charge on any atom is -0.324 e. The fraction of sp³-hybridized carbons (Fsp3) is 0.250. The van der Waals surface area contributed by atoms with E-state index >= 15 is 0 Å². The number of nitrogens with two attached hydrogens (primary N) is 1. The van der Waals surface area contributed by atoms with E-state index in [9.17, 15) is 0 Å². The van der Waals surface area contributed by atoms with Crippen molar-refractivity contribution in [3.63, 3.8) is 0 Å². The first kappa shape index (κ1) is 10.3. The van der Waals surface area contributed by atoms with Gasteiger partial charge in [-0.05, 0) is 24.6 Å². The number of aromatic nitrogens is 1. The molecule has 0 aliphatic heterocycles. The van der Waals surface area contributed by atoms with E-state index in [0.717, 1.165) is 26.7 Å². The van der Waals surface area contributed by atoms with E-state index in [2.05, 4.69) is 17.1 Å². The van der Waals surface area contributed by atoms with Gasteiger partial charge in [-0.15, -0.1) is 11.3 Å². The molecule has 0 amide bonds. The van der Waals surface area contributed by atoms with Gasteiger partial charge in [0.05, 0.1) is 10.2 Å². The minimum atomic E-state index is 0.181. The number of rotatable bonds is 1. The van der Waals surface area contributed by atoms with E-state index < -0.39 is 0 Å². The number of allylic oxidation sites excluding steroid dienone is 1. The van der Waals surface area contributed by atoms with Crippen LogP contribution in [0.4, 0.5) is 0 Å². The summed E-state index contributed by atoms with van der Waals surface area (Å²) in [6, 6.07) is 6.00. The molecule has 1 aromatic heterocycles. The molecular weight excluding hydrogens is 240 g/mol. The molecular formula is C12H11ClN2S. The van der Waals surface area contributed by atoms with Crippen molar-refractivity contribution in [3.05, 3.63) is 40.4 Å². The van der Waals surface area contributed by atoms with Crippen LogP contribution in [0.2, 0.25) is 5.02 Å². The molecule has 0 saturated carbocycles. The van der Waals surface area contributed by atoms with E-state index in [-0.39, 0.29) is 6.04 Å². The third-order valence-corrected chi connectivity index (χ3v) is 4.19. The third kappa shape index (κ3) is 1.75. The summed E-state index contributed by atoms with van der Waals surface area (Å²) in [5.41, 5.74) is 6.88. The molecule has 0 fully saturated rings. The zero-order valence-corrected chi connectivity index (χ0v) is 10.1. The predicted octanol–water partition coefficient (Wildman–Crippen LogP) is 3.32. The van der Waals surface area contributed by atoms with E-state index in [0.29, 0.717) is 5.92 Å². The van der Waals surface area contributed by atoms with Crippen LogP contribution in [0.1, 0.15) is 17.3 Å². The lowest BCUT2D eigenvalue weighted by molar-refractivity contribution is 0.708. The highest BCUT2D eigenvalue weighted by molar-refractivity contribution is 7.18. The Bertz CT molecular complexity index is 561. The van der Waals surface area contributed by atoms with Gasteiger partial charge in [0.2, 0.25) is 0 Å². The quantitative estimate of drug-likeness (QED) is 0.789. The molecule has 1 aliphatic rings. The second-order valence-corrected chi connectivity index (χ2v) is 5.55. The van der Waals surface area contributed by atoms with E-state index in [4.69, 9.17) is 17.3 Å². The fourth-order valence-electron chi connectivity index (χ4n) is 1.99. The summed E-state index contributed by atoms with van der Waals surface area (Å²) in [5.74, 6) is 0.381. The molecule has 1 aliphatic carbocycles. The largest absolute Gasteiger partial charge is 0.324 e. The van der Waals surface area contributed by atoms with Crippen molar-refractivity contribution in [2.45, 2.75) is 18.4 Å². The lowest BCUT2D eigenvalue weighted by Crippen LogP contribution is -2.14. The second-order valence-electron chi connectivity index (χ2n) is 4.06. The highest BCUT2D eigenvalue weighted by Gasteiger charge is 2.20. The van der Waals surface area contributed by atoms with Crippen molar-refractivity contribution in [1.29, 1.82) is 0 Å². The Labute approximate surface area is 103 Å². The molecule has 0 saturated heterocycles. The zero-order chi connectivity index (χ0) is 11.1. The monoisotopic (exact) mass is 250 g/mol. The Balaban J connectivity index is 2.02. The normalized spacial score (nSPS) is 24.4. The van der Waals surface area contributed by atoms with Gasteiger partial charge in [-0.3, -0.25) is 0 Å². The summed E-state index contributed by atoms with van der Waals surface area (Å²) in [6.45, 7) is 0. The number of halogens is 1. The van der Waals surface area contributed by atoms with Crippen LogP contribution in [-0.2, 0) is 0 Å². The van der Waals surface area contributed by atoms with E-state index in [1.165, 1.54) is 0 Å². The molecule has 82 valence electrons. The molecule has 2 aromatic rings. The standard InChI is InChI=1S/C12H11ClN2S/c13-8-2-4-10-11(6-8)16-12(15-10)7-1-3-9(14)5-7/h1-4,6-7,9H,5,14H2. The average Bonchev–Trinajstić information content (AvgIpc) is 2.83. The summed E-state index contributed by atoms with van der Waals surface area (Å²) in [4.78, 5) is 4.62. The number of hydrogen-bond acceptors (Lipinski definition) is 3. The molecule has 2 nitrogen and oxygen atoms in total. The SMILES string of the molecule is NC1C=CC(c2nc3ccc(Cl)cc3s2)C1. The molecule has 3 rings (SSSR count). The Morgan fingerprint density at radius 2 is 2.25 bits per heavy atom. The first-order chi connectivity index (χ1) is 7.72. The van der Waals surface area contributed by atoms with Gasteiger partial charge < -0.3 is 5.73 Å². The first-order valence-corrected chi connectivity index (χ1v) is 6.42. The summed E-state index contributed by atoms with van der Waals surface area (Å²) in [7, 11) is 0. The first-order valence-electron chi connectivity index (χ1n) is 5.22. The average molecular weight is 251 g/mol. The number of benzene rings is 1. The number of fused-ring (bicyclic) bond motifs is 1. The van der Waals surface area contributed by atoms with Crippen LogP contribution in [-0.4, -0.2) is 11.0 Å². The van der Waals surface area contributed by atoms with Crippen LogP contribution >= 0.6 is 22.9 Å². The van der Waals surface area contributed by atoms with Gasteiger partial charge in [-0.2, -0.15) is 0 Å². The van der Waals surface area contributed by atoms with Crippen LogP contribution in [0.15, 0.2) is 30.4 Å². The maximum absolute atomic E-state index is 5.96. The third-order valence-electron chi connectivity index (χ3n) is 2.80. The Hall–Kier alpha value is -0.900. The zero-order valence-electron chi connectivity index (χ0n) is 8.56. The van der Waals surface area contributed by atoms with Gasteiger partial charge in [0.1, 0.15) is 5.01 Å². The van der Waals surface area contributed by atoms with Gasteiger partial charge in [0.25, 0.3) is 0 Å². The Kier molecular flexibility index (Phi) is 2.46. The summed E-state index contributed by atoms with van der Waals surface area (Å²) < 4.78 is 1.15. The van der Waals surface area contributed by atoms with Gasteiger partial charge >= 0.3 is 0 Å². The van der Waals surface area contributed by atoms with Crippen molar-refractivity contribution < 1.29 is 0 Å². The van der Waals surface area contributed by atoms with Crippen LogP contribution in [0.25, 0.3) is 10.2 Å². The molecule has 0 bridgehead atoms. The van der Waals surface area contributed by atoms with Crippen LogP contribution in [0, 0.1) is 0 Å². The van der Waals surface area contributed by atoms with Crippen molar-refractivity contribution >= 4 is 33.2 Å². The summed E-state index contributed by atoms with van der Waals surface area (Å²) >= 11 is 7.66. The van der Waals surface area contributed by atoms with Crippen LogP contribution in [0.3, 0.4) is 0 Å². The minimum absolute atomic E-state index is 0.181. The van der Waals surface area contributed by atoms with Gasteiger partial charge in [-0.25, -0.2) is 4.98 Å². The van der Waals surface area contributed by atoms with Gasteiger partial charge in [-0.1, -0.05) is 23.8 Å². The molecule has 2 atom stereocenters. The molecule has 2 N–H and O–H groups in total. The fourth-order valence-corrected chi connectivity index (χ4v) is 3.32. The molecule has 1 aromatic carbocycles. The topological polar surface area (TPSA) is 38.9 Å². The molecule has 16 heavy (non-hydrogen) atoms. The molecule has 4 heteroatoms. The van der Waals surface area contributed by atoms with Crippen molar-refractivity contribution in [1.82, 2.24) is 4.98 Å². The van der Waals surface area contributed by atoms with E-state index in [1.54, 1.807) is 11.3 Å². The maximum Gasteiger partial charge on any atom is 0.101 e. The van der Waals surface area contributed by atoms with Gasteiger partial charge in [0, 0.05) is 17.0 Å². The number of nitrogens with zero attached hydrogens (tertiary/aromatic N) is 1. The predicted molar refractivity (Wildman–Crippen MR) is 69.1 cm³/mol. The highest BCUT2D eigenvalue weighted by atomic mass is 35.5. The maximum atomic E-state index is 5.96. The van der Waals surface area contributed by atoms with Crippen LogP contribution < -0.4 is 5.73 Å². The molecule has 0 radical (unpaired) electrons. The van der Waals surface area contributed by atoms with Crippen molar-refractivity contribution in [2.75, 3.05) is 0 Å². The summed E-state index contributed by atoms with van der Waals surface area (Å²) in [6.07, 6.45) is 5.18. The summed E-state index contributed by atoms with van der Waals surface area (Å²) in [5, 5.41) is 1.91. The number of hydrogen-bond donors (Lipinski definition) is 1. The van der Waals surface area contributed by atoms with Gasteiger partial charge in [0.15, 0.2) is 0 Å². The number of thiazole rings is 1. The highest BCUT2D eigenvalue weighted by Crippen LogP contribution is 2.34. The molecule has 0 spiro atoms. The molecule has 1 heterocycles. The van der Waals surface area contributed by atoms with Crippen molar-refractivity contribution in [3.8, 4) is 0 Å².